The number of carbonyl (C=O) groups is 2. The number of unbranched alkanes of at least 4 members (excludes halogenated alkanes) is 1. The van der Waals surface area contributed by atoms with Gasteiger partial charge in [0.15, 0.2) is 0 Å². The van der Waals surface area contributed by atoms with Gasteiger partial charge in [0, 0.05) is 6.42 Å². The van der Waals surface area contributed by atoms with Crippen molar-refractivity contribution in [2.45, 2.75) is 32.3 Å². The molecule has 0 aromatic heterocycles. The Labute approximate surface area is 166 Å². The monoisotopic (exact) mass is 372 g/mol. The zero-order valence-corrected chi connectivity index (χ0v) is 15.8. The fourth-order valence-corrected chi connectivity index (χ4v) is 3.01. The topological polar surface area (TPSA) is 43.4 Å². The summed E-state index contributed by atoms with van der Waals surface area (Å²) in [5, 5.41) is 0. The van der Waals surface area contributed by atoms with Crippen molar-refractivity contribution in [2.24, 2.45) is 0 Å². The van der Waals surface area contributed by atoms with E-state index in [0.717, 1.165) is 18.4 Å². The standard InChI is InChI=1S/C25H24O3/c26-24(25(27)28-19-21-10-3-1-4-11-21)14-8-7-9-20-15-17-23(18-16-20)22-12-5-2-6-13-22/h1-6,10-13,15-18H,7-9,14,19H2. The molecule has 3 nitrogen and oxygen atoms in total. The van der Waals surface area contributed by atoms with Crippen molar-refractivity contribution in [3.8, 4) is 11.1 Å². The highest BCUT2D eigenvalue weighted by Gasteiger charge is 2.14. The van der Waals surface area contributed by atoms with Crippen LogP contribution in [0.5, 0.6) is 0 Å². The van der Waals surface area contributed by atoms with Gasteiger partial charge in [-0.25, -0.2) is 4.79 Å². The number of Topliss-reactive ketones (excluding diaryl/α,β-unsaturated/α-hetero) is 1. The molecule has 142 valence electrons. The third-order valence-electron chi connectivity index (χ3n) is 4.62. The van der Waals surface area contributed by atoms with Crippen molar-refractivity contribution in [3.05, 3.63) is 96.1 Å². The molecular formula is C25H24O3. The Bertz CT molecular complexity index is 884. The van der Waals surface area contributed by atoms with Crippen LogP contribution in [0.4, 0.5) is 0 Å². The quantitative estimate of drug-likeness (QED) is 0.288. The number of benzene rings is 3. The zero-order chi connectivity index (χ0) is 19.6. The Morgan fingerprint density at radius 3 is 1.93 bits per heavy atom. The number of ketones is 1. The highest BCUT2D eigenvalue weighted by Crippen LogP contribution is 2.20. The predicted molar refractivity (Wildman–Crippen MR) is 111 cm³/mol. The van der Waals surface area contributed by atoms with Gasteiger partial charge in [0.25, 0.3) is 0 Å². The van der Waals surface area contributed by atoms with Gasteiger partial charge in [-0.1, -0.05) is 84.9 Å². The highest BCUT2D eigenvalue weighted by atomic mass is 16.5. The lowest BCUT2D eigenvalue weighted by atomic mass is 10.0. The fraction of sp³-hybridized carbons (Fsp3) is 0.200. The van der Waals surface area contributed by atoms with Gasteiger partial charge in [0.2, 0.25) is 5.78 Å². The van der Waals surface area contributed by atoms with Crippen LogP contribution in [-0.2, 0) is 27.4 Å². The summed E-state index contributed by atoms with van der Waals surface area (Å²) in [6.07, 6.45) is 2.67. The molecule has 0 aliphatic rings. The lowest BCUT2D eigenvalue weighted by molar-refractivity contribution is -0.154. The summed E-state index contributed by atoms with van der Waals surface area (Å²) < 4.78 is 5.07. The van der Waals surface area contributed by atoms with Gasteiger partial charge >= 0.3 is 5.97 Å². The van der Waals surface area contributed by atoms with Crippen LogP contribution in [0.25, 0.3) is 11.1 Å². The summed E-state index contributed by atoms with van der Waals surface area (Å²) in [6, 6.07) is 28.1. The Morgan fingerprint density at radius 1 is 0.643 bits per heavy atom. The molecule has 0 aliphatic carbocycles. The van der Waals surface area contributed by atoms with Crippen molar-refractivity contribution in [1.29, 1.82) is 0 Å². The van der Waals surface area contributed by atoms with E-state index >= 15 is 0 Å². The van der Waals surface area contributed by atoms with Crippen molar-refractivity contribution < 1.29 is 14.3 Å². The van der Waals surface area contributed by atoms with Gasteiger partial charge in [-0.05, 0) is 41.5 Å². The van der Waals surface area contributed by atoms with Crippen LogP contribution in [0.2, 0.25) is 0 Å². The van der Waals surface area contributed by atoms with E-state index in [-0.39, 0.29) is 13.0 Å². The average Bonchev–Trinajstić information content (AvgIpc) is 2.76. The van der Waals surface area contributed by atoms with E-state index in [1.807, 2.05) is 48.5 Å². The summed E-state index contributed by atoms with van der Waals surface area (Å²) in [5.74, 6) is -1.19. The molecule has 3 heteroatoms. The van der Waals surface area contributed by atoms with Crippen molar-refractivity contribution in [2.75, 3.05) is 0 Å². The molecule has 0 fully saturated rings. The first-order chi connectivity index (χ1) is 13.7. The normalized spacial score (nSPS) is 10.4. The second-order valence-corrected chi connectivity index (χ2v) is 6.75. The van der Waals surface area contributed by atoms with Crippen LogP contribution in [-0.4, -0.2) is 11.8 Å². The summed E-state index contributed by atoms with van der Waals surface area (Å²) in [4.78, 5) is 23.7. The molecule has 0 heterocycles. The van der Waals surface area contributed by atoms with Gasteiger partial charge in [-0.2, -0.15) is 0 Å². The molecule has 0 N–H and O–H groups in total. The lowest BCUT2D eigenvalue weighted by Gasteiger charge is -2.06. The van der Waals surface area contributed by atoms with E-state index in [9.17, 15) is 9.59 Å². The van der Waals surface area contributed by atoms with Gasteiger partial charge in [0.05, 0.1) is 0 Å². The molecule has 0 unspecified atom stereocenters. The predicted octanol–water partition coefficient (Wildman–Crippen LogP) is 5.38. The van der Waals surface area contributed by atoms with Crippen LogP contribution in [0.3, 0.4) is 0 Å². The van der Waals surface area contributed by atoms with Crippen LogP contribution in [0, 0.1) is 0 Å². The fourth-order valence-electron chi connectivity index (χ4n) is 3.01. The zero-order valence-electron chi connectivity index (χ0n) is 15.8. The van der Waals surface area contributed by atoms with Crippen LogP contribution < -0.4 is 0 Å². The number of aryl methyl sites for hydroxylation is 1. The summed E-state index contributed by atoms with van der Waals surface area (Å²) in [7, 11) is 0. The van der Waals surface area contributed by atoms with Gasteiger partial charge in [-0.15, -0.1) is 0 Å². The lowest BCUT2D eigenvalue weighted by Crippen LogP contribution is -2.17. The van der Waals surface area contributed by atoms with E-state index in [1.165, 1.54) is 16.7 Å². The number of hydrogen-bond acceptors (Lipinski definition) is 3. The number of rotatable bonds is 9. The summed E-state index contributed by atoms with van der Waals surface area (Å²) >= 11 is 0. The number of hydrogen-bond donors (Lipinski definition) is 0. The van der Waals surface area contributed by atoms with Crippen molar-refractivity contribution in [3.63, 3.8) is 0 Å². The molecule has 0 saturated carbocycles. The van der Waals surface area contributed by atoms with Crippen LogP contribution in [0.15, 0.2) is 84.9 Å². The largest absolute Gasteiger partial charge is 0.455 e. The Hall–Kier alpha value is -3.20. The van der Waals surface area contributed by atoms with E-state index in [0.29, 0.717) is 6.42 Å². The average molecular weight is 372 g/mol. The molecule has 0 bridgehead atoms. The molecule has 0 atom stereocenters. The molecule has 28 heavy (non-hydrogen) atoms. The third-order valence-corrected chi connectivity index (χ3v) is 4.62. The molecule has 3 aromatic rings. The van der Waals surface area contributed by atoms with E-state index in [1.54, 1.807) is 0 Å². The van der Waals surface area contributed by atoms with Crippen LogP contribution in [0.1, 0.15) is 30.4 Å². The molecule has 3 rings (SSSR count). The molecule has 0 aliphatic heterocycles. The Balaban J connectivity index is 1.37. The molecule has 0 radical (unpaired) electrons. The smallest absolute Gasteiger partial charge is 0.374 e. The summed E-state index contributed by atoms with van der Waals surface area (Å²) in [5.41, 5.74) is 4.51. The van der Waals surface area contributed by atoms with Crippen molar-refractivity contribution in [1.82, 2.24) is 0 Å². The van der Waals surface area contributed by atoms with E-state index < -0.39 is 11.8 Å². The second-order valence-electron chi connectivity index (χ2n) is 6.75. The first-order valence-electron chi connectivity index (χ1n) is 9.60. The van der Waals surface area contributed by atoms with E-state index in [4.69, 9.17) is 4.74 Å². The number of carbonyl (C=O) groups excluding carboxylic acids is 2. The maximum Gasteiger partial charge on any atom is 0.374 e. The molecule has 0 spiro atoms. The third kappa shape index (κ3) is 5.92. The maximum absolute atomic E-state index is 11.9. The first kappa shape index (κ1) is 19.6. The first-order valence-corrected chi connectivity index (χ1v) is 9.60. The minimum Gasteiger partial charge on any atom is -0.455 e. The van der Waals surface area contributed by atoms with Crippen molar-refractivity contribution >= 4 is 11.8 Å². The second kappa shape index (κ2) is 10.2. The molecule has 3 aromatic carbocycles. The maximum atomic E-state index is 11.9. The summed E-state index contributed by atoms with van der Waals surface area (Å²) in [6.45, 7) is 0.138. The molecular weight excluding hydrogens is 348 g/mol. The van der Waals surface area contributed by atoms with Crippen LogP contribution >= 0.6 is 0 Å². The van der Waals surface area contributed by atoms with Gasteiger partial charge in [-0.3, -0.25) is 4.79 Å². The Morgan fingerprint density at radius 2 is 1.25 bits per heavy atom. The van der Waals surface area contributed by atoms with Gasteiger partial charge in [0.1, 0.15) is 6.61 Å². The minimum absolute atomic E-state index is 0.138. The molecule has 0 saturated heterocycles. The van der Waals surface area contributed by atoms with Gasteiger partial charge < -0.3 is 4.74 Å². The number of ether oxygens (including phenoxy) is 1. The number of esters is 1. The molecule has 0 amide bonds. The SMILES string of the molecule is O=C(CCCCc1ccc(-c2ccccc2)cc1)C(=O)OCc1ccccc1. The minimum atomic E-state index is -0.740. The Kier molecular flexibility index (Phi) is 7.14. The highest BCUT2D eigenvalue weighted by molar-refractivity contribution is 6.33. The van der Waals surface area contributed by atoms with E-state index in [2.05, 4.69) is 36.4 Å².